The summed E-state index contributed by atoms with van der Waals surface area (Å²) in [5, 5.41) is 3.12. The first kappa shape index (κ1) is 14.1. The molecule has 1 aromatic heterocycles. The van der Waals surface area contributed by atoms with Crippen LogP contribution in [0.15, 0.2) is 6.07 Å². The van der Waals surface area contributed by atoms with Gasteiger partial charge in [0.25, 0.3) is 0 Å². The first-order valence-corrected chi connectivity index (χ1v) is 7.11. The number of hydrogen-bond acceptors (Lipinski definition) is 5. The smallest absolute Gasteiger partial charge is 0.134 e. The molecule has 1 aliphatic heterocycles. The molecular weight excluding hydrogens is 238 g/mol. The normalized spacial score (nSPS) is 20.3. The molecule has 0 saturated carbocycles. The molecular formula is C14H25N5. The molecule has 0 radical (unpaired) electrons. The Labute approximate surface area is 116 Å². The van der Waals surface area contributed by atoms with Gasteiger partial charge in [-0.2, -0.15) is 0 Å². The van der Waals surface area contributed by atoms with Crippen LogP contribution < -0.4 is 10.2 Å². The van der Waals surface area contributed by atoms with E-state index in [4.69, 9.17) is 0 Å². The molecule has 1 fully saturated rings. The SMILES string of the molecule is CCc1nc(NC)cc(N(C)C2CCCN(C)C2)n1. The fraction of sp³-hybridized carbons (Fsp3) is 0.714. The molecule has 19 heavy (non-hydrogen) atoms. The van der Waals surface area contributed by atoms with Crippen molar-refractivity contribution in [2.45, 2.75) is 32.2 Å². The van der Waals surface area contributed by atoms with Crippen LogP contribution in [0.2, 0.25) is 0 Å². The Morgan fingerprint density at radius 2 is 2.26 bits per heavy atom. The maximum atomic E-state index is 4.66. The predicted octanol–water partition coefficient (Wildman–Crippen LogP) is 1.61. The van der Waals surface area contributed by atoms with Gasteiger partial charge in [-0.05, 0) is 26.4 Å². The molecule has 5 nitrogen and oxygen atoms in total. The highest BCUT2D eigenvalue weighted by Crippen LogP contribution is 2.21. The summed E-state index contributed by atoms with van der Waals surface area (Å²) in [6, 6.07) is 2.58. The summed E-state index contributed by atoms with van der Waals surface area (Å²) < 4.78 is 0. The maximum absolute atomic E-state index is 4.66. The zero-order valence-corrected chi connectivity index (χ0v) is 12.5. The minimum atomic E-state index is 0.545. The second kappa shape index (κ2) is 6.19. The Kier molecular flexibility index (Phi) is 4.58. The number of aromatic nitrogens is 2. The Hall–Kier alpha value is -1.36. The molecule has 0 amide bonds. The summed E-state index contributed by atoms with van der Waals surface area (Å²) in [5.41, 5.74) is 0. The van der Waals surface area contributed by atoms with Crippen LogP contribution in [0.1, 0.15) is 25.6 Å². The second-order valence-electron chi connectivity index (χ2n) is 5.30. The number of piperidine rings is 1. The molecule has 106 valence electrons. The highest BCUT2D eigenvalue weighted by molar-refractivity contribution is 5.49. The fourth-order valence-electron chi connectivity index (χ4n) is 2.59. The molecule has 0 bridgehead atoms. The molecule has 5 heteroatoms. The maximum Gasteiger partial charge on any atom is 0.134 e. The molecule has 1 unspecified atom stereocenters. The lowest BCUT2D eigenvalue weighted by Crippen LogP contribution is -2.45. The minimum absolute atomic E-state index is 0.545. The van der Waals surface area contributed by atoms with Gasteiger partial charge in [0.2, 0.25) is 0 Å². The third kappa shape index (κ3) is 3.35. The Bertz CT molecular complexity index is 398. The van der Waals surface area contributed by atoms with E-state index in [0.29, 0.717) is 6.04 Å². The van der Waals surface area contributed by atoms with E-state index in [1.54, 1.807) is 0 Å². The number of nitrogens with zero attached hydrogens (tertiary/aromatic N) is 4. The number of hydrogen-bond donors (Lipinski definition) is 1. The van der Waals surface area contributed by atoms with Crippen molar-refractivity contribution in [3.8, 4) is 0 Å². The largest absolute Gasteiger partial charge is 0.373 e. The lowest BCUT2D eigenvalue weighted by atomic mass is 10.1. The van der Waals surface area contributed by atoms with Gasteiger partial charge in [-0.15, -0.1) is 0 Å². The van der Waals surface area contributed by atoms with Crippen molar-refractivity contribution in [1.29, 1.82) is 0 Å². The standard InChI is InChI=1S/C14H25N5/c1-5-12-16-13(15-2)9-14(17-12)19(4)11-7-6-8-18(3)10-11/h9,11H,5-8,10H2,1-4H3,(H,15,16,17). The molecule has 2 heterocycles. The first-order valence-electron chi connectivity index (χ1n) is 7.11. The summed E-state index contributed by atoms with van der Waals surface area (Å²) >= 11 is 0. The van der Waals surface area contributed by atoms with Crippen molar-refractivity contribution < 1.29 is 0 Å². The lowest BCUT2D eigenvalue weighted by Gasteiger charge is -2.36. The van der Waals surface area contributed by atoms with Crippen molar-refractivity contribution >= 4 is 11.6 Å². The number of likely N-dealkylation sites (tertiary alicyclic amines) is 1. The molecule has 0 aromatic carbocycles. The number of aryl methyl sites for hydroxylation is 1. The molecule has 1 aliphatic rings. The number of anilines is 2. The molecule has 1 N–H and O–H groups in total. The Morgan fingerprint density at radius 3 is 2.89 bits per heavy atom. The van der Waals surface area contributed by atoms with E-state index in [9.17, 15) is 0 Å². The number of nitrogens with one attached hydrogen (secondary N) is 1. The van der Waals surface area contributed by atoms with Gasteiger partial charge in [0.1, 0.15) is 17.5 Å². The van der Waals surface area contributed by atoms with Crippen LogP contribution in [0.3, 0.4) is 0 Å². The van der Waals surface area contributed by atoms with Crippen molar-refractivity contribution in [2.75, 3.05) is 44.4 Å². The van der Waals surface area contributed by atoms with E-state index in [1.165, 1.54) is 19.4 Å². The van der Waals surface area contributed by atoms with Crippen LogP contribution in [-0.2, 0) is 6.42 Å². The van der Waals surface area contributed by atoms with Crippen LogP contribution in [0.4, 0.5) is 11.6 Å². The minimum Gasteiger partial charge on any atom is -0.373 e. The van der Waals surface area contributed by atoms with E-state index in [-0.39, 0.29) is 0 Å². The summed E-state index contributed by atoms with van der Waals surface area (Å²) in [7, 11) is 6.24. The van der Waals surface area contributed by atoms with Gasteiger partial charge in [-0.25, -0.2) is 9.97 Å². The highest BCUT2D eigenvalue weighted by atomic mass is 15.2. The summed E-state index contributed by atoms with van der Waals surface area (Å²) in [6.07, 6.45) is 3.36. The summed E-state index contributed by atoms with van der Waals surface area (Å²) in [5.74, 6) is 2.83. The van der Waals surface area contributed by atoms with Crippen molar-refractivity contribution in [3.63, 3.8) is 0 Å². The Balaban J connectivity index is 2.19. The van der Waals surface area contributed by atoms with E-state index in [1.807, 2.05) is 13.1 Å². The Morgan fingerprint density at radius 1 is 1.47 bits per heavy atom. The average molecular weight is 263 g/mol. The van der Waals surface area contributed by atoms with Crippen LogP contribution in [-0.4, -0.2) is 55.1 Å². The van der Waals surface area contributed by atoms with Gasteiger partial charge in [0, 0.05) is 39.2 Å². The monoisotopic (exact) mass is 263 g/mol. The topological polar surface area (TPSA) is 44.3 Å². The van der Waals surface area contributed by atoms with Gasteiger partial charge in [-0.3, -0.25) is 0 Å². The van der Waals surface area contributed by atoms with E-state index >= 15 is 0 Å². The summed E-state index contributed by atoms with van der Waals surface area (Å²) in [6.45, 7) is 4.40. The molecule has 0 spiro atoms. The zero-order valence-electron chi connectivity index (χ0n) is 12.5. The summed E-state index contributed by atoms with van der Waals surface area (Å²) in [4.78, 5) is 13.8. The van der Waals surface area contributed by atoms with Crippen molar-refractivity contribution in [3.05, 3.63) is 11.9 Å². The van der Waals surface area contributed by atoms with Gasteiger partial charge in [0.15, 0.2) is 0 Å². The van der Waals surface area contributed by atoms with Crippen LogP contribution in [0.25, 0.3) is 0 Å². The lowest BCUT2D eigenvalue weighted by molar-refractivity contribution is 0.247. The first-order chi connectivity index (χ1) is 9.13. The number of rotatable bonds is 4. The average Bonchev–Trinajstić information content (AvgIpc) is 2.45. The fourth-order valence-corrected chi connectivity index (χ4v) is 2.59. The van der Waals surface area contributed by atoms with E-state index in [2.05, 4.69) is 46.1 Å². The molecule has 1 atom stereocenters. The number of likely N-dealkylation sites (N-methyl/N-ethyl adjacent to an activating group) is 2. The molecule has 1 aromatic rings. The van der Waals surface area contributed by atoms with Crippen LogP contribution >= 0.6 is 0 Å². The molecule has 2 rings (SSSR count). The molecule has 0 aliphatic carbocycles. The van der Waals surface area contributed by atoms with Gasteiger partial charge in [-0.1, -0.05) is 6.92 Å². The quantitative estimate of drug-likeness (QED) is 0.894. The highest BCUT2D eigenvalue weighted by Gasteiger charge is 2.22. The van der Waals surface area contributed by atoms with Gasteiger partial charge < -0.3 is 15.1 Å². The van der Waals surface area contributed by atoms with Crippen LogP contribution in [0.5, 0.6) is 0 Å². The van der Waals surface area contributed by atoms with Crippen molar-refractivity contribution in [2.24, 2.45) is 0 Å². The van der Waals surface area contributed by atoms with Crippen LogP contribution in [0, 0.1) is 0 Å². The van der Waals surface area contributed by atoms with Crippen molar-refractivity contribution in [1.82, 2.24) is 14.9 Å². The van der Waals surface area contributed by atoms with E-state index < -0.39 is 0 Å². The third-order valence-electron chi connectivity index (χ3n) is 3.84. The van der Waals surface area contributed by atoms with E-state index in [0.717, 1.165) is 30.4 Å². The van der Waals surface area contributed by atoms with Gasteiger partial charge >= 0.3 is 0 Å². The third-order valence-corrected chi connectivity index (χ3v) is 3.84. The van der Waals surface area contributed by atoms with Gasteiger partial charge in [0.05, 0.1) is 0 Å². The predicted molar refractivity (Wildman–Crippen MR) is 79.9 cm³/mol. The zero-order chi connectivity index (χ0) is 13.8. The second-order valence-corrected chi connectivity index (χ2v) is 5.30. The molecule has 1 saturated heterocycles.